The highest BCUT2D eigenvalue weighted by atomic mass is 35.5. The topological polar surface area (TPSA) is 12.0 Å². The molecule has 0 heterocycles. The molecule has 5 heteroatoms. The molecule has 0 aliphatic carbocycles. The lowest BCUT2D eigenvalue weighted by molar-refractivity contribution is 0.498. The number of rotatable bonds is 5. The van der Waals surface area contributed by atoms with Crippen molar-refractivity contribution in [3.05, 3.63) is 69.2 Å². The zero-order chi connectivity index (χ0) is 15.4. The van der Waals surface area contributed by atoms with E-state index in [9.17, 15) is 8.78 Å². The SMILES string of the molecule is CCNC(Cc1cc(Cl)ccc1F)c1c(F)cccc1Cl. The van der Waals surface area contributed by atoms with Crippen molar-refractivity contribution in [1.29, 1.82) is 0 Å². The summed E-state index contributed by atoms with van der Waals surface area (Å²) in [6.07, 6.45) is 0.265. The number of hydrogen-bond donors (Lipinski definition) is 1. The van der Waals surface area contributed by atoms with Crippen LogP contribution in [0.5, 0.6) is 0 Å². The fourth-order valence-electron chi connectivity index (χ4n) is 2.29. The average molecular weight is 330 g/mol. The van der Waals surface area contributed by atoms with Gasteiger partial charge in [0.05, 0.1) is 0 Å². The molecule has 2 rings (SSSR count). The maximum absolute atomic E-state index is 14.1. The van der Waals surface area contributed by atoms with Gasteiger partial charge < -0.3 is 5.32 Å². The second-order valence-electron chi connectivity index (χ2n) is 4.69. The van der Waals surface area contributed by atoms with Crippen LogP contribution in [-0.2, 0) is 6.42 Å². The fraction of sp³-hybridized carbons (Fsp3) is 0.250. The van der Waals surface area contributed by atoms with E-state index in [4.69, 9.17) is 23.2 Å². The molecule has 1 atom stereocenters. The molecule has 0 aromatic heterocycles. The smallest absolute Gasteiger partial charge is 0.129 e. The third-order valence-electron chi connectivity index (χ3n) is 3.23. The van der Waals surface area contributed by atoms with Crippen molar-refractivity contribution >= 4 is 23.2 Å². The predicted molar refractivity (Wildman–Crippen MR) is 82.9 cm³/mol. The van der Waals surface area contributed by atoms with Crippen LogP contribution in [0.1, 0.15) is 24.1 Å². The third kappa shape index (κ3) is 3.94. The molecule has 0 aliphatic rings. The van der Waals surface area contributed by atoms with Crippen LogP contribution in [0.3, 0.4) is 0 Å². The Morgan fingerprint density at radius 3 is 2.52 bits per heavy atom. The van der Waals surface area contributed by atoms with Crippen molar-refractivity contribution in [2.24, 2.45) is 0 Å². The summed E-state index contributed by atoms with van der Waals surface area (Å²) >= 11 is 12.0. The Kier molecular flexibility index (Phi) is 5.57. The van der Waals surface area contributed by atoms with E-state index in [-0.39, 0.29) is 12.2 Å². The van der Waals surface area contributed by atoms with Crippen molar-refractivity contribution in [3.8, 4) is 0 Å². The van der Waals surface area contributed by atoms with Crippen LogP contribution in [-0.4, -0.2) is 6.54 Å². The molecular weight excluding hydrogens is 315 g/mol. The third-order valence-corrected chi connectivity index (χ3v) is 3.80. The van der Waals surface area contributed by atoms with E-state index in [1.54, 1.807) is 18.2 Å². The second-order valence-corrected chi connectivity index (χ2v) is 5.53. The molecule has 0 spiro atoms. The zero-order valence-electron chi connectivity index (χ0n) is 11.5. The summed E-state index contributed by atoms with van der Waals surface area (Å²) in [7, 11) is 0. The molecule has 1 unspecified atom stereocenters. The van der Waals surface area contributed by atoms with Crippen LogP contribution in [0.2, 0.25) is 10.0 Å². The molecular formula is C16H15Cl2F2N. The minimum absolute atomic E-state index is 0.265. The zero-order valence-corrected chi connectivity index (χ0v) is 13.0. The summed E-state index contributed by atoms with van der Waals surface area (Å²) in [6.45, 7) is 2.51. The summed E-state index contributed by atoms with van der Waals surface area (Å²) in [6, 6.07) is 8.44. The maximum Gasteiger partial charge on any atom is 0.129 e. The maximum atomic E-state index is 14.1. The summed E-state index contributed by atoms with van der Waals surface area (Å²) < 4.78 is 27.9. The van der Waals surface area contributed by atoms with Crippen molar-refractivity contribution in [2.75, 3.05) is 6.54 Å². The summed E-state index contributed by atoms with van der Waals surface area (Å²) in [5, 5.41) is 3.91. The number of halogens is 4. The largest absolute Gasteiger partial charge is 0.310 e. The first-order valence-electron chi connectivity index (χ1n) is 6.64. The fourth-order valence-corrected chi connectivity index (χ4v) is 2.78. The molecule has 0 aliphatic heterocycles. The Bertz CT molecular complexity index is 611. The summed E-state index contributed by atoms with van der Waals surface area (Å²) in [5.74, 6) is -0.773. The Labute approximate surface area is 132 Å². The van der Waals surface area contributed by atoms with Crippen molar-refractivity contribution in [1.82, 2.24) is 5.32 Å². The summed E-state index contributed by atoms with van der Waals surface area (Å²) in [5.41, 5.74) is 0.771. The first-order chi connectivity index (χ1) is 10.0. The van der Waals surface area contributed by atoms with Gasteiger partial charge in [0.15, 0.2) is 0 Å². The van der Waals surface area contributed by atoms with Gasteiger partial charge in [0.1, 0.15) is 11.6 Å². The highest BCUT2D eigenvalue weighted by Crippen LogP contribution is 2.29. The van der Waals surface area contributed by atoms with Crippen molar-refractivity contribution in [2.45, 2.75) is 19.4 Å². The molecule has 0 bridgehead atoms. The van der Waals surface area contributed by atoms with E-state index >= 15 is 0 Å². The molecule has 112 valence electrons. The van der Waals surface area contributed by atoms with E-state index in [0.29, 0.717) is 27.7 Å². The van der Waals surface area contributed by atoms with Crippen LogP contribution in [0.25, 0.3) is 0 Å². The normalized spacial score (nSPS) is 12.4. The van der Waals surface area contributed by atoms with Gasteiger partial charge in [0, 0.05) is 21.7 Å². The van der Waals surface area contributed by atoms with Gasteiger partial charge in [0.25, 0.3) is 0 Å². The van der Waals surface area contributed by atoms with Gasteiger partial charge in [-0.3, -0.25) is 0 Å². The first-order valence-corrected chi connectivity index (χ1v) is 7.39. The monoisotopic (exact) mass is 329 g/mol. The molecule has 2 aromatic carbocycles. The van der Waals surface area contributed by atoms with Crippen LogP contribution in [0.4, 0.5) is 8.78 Å². The number of benzene rings is 2. The van der Waals surface area contributed by atoms with Crippen molar-refractivity contribution < 1.29 is 8.78 Å². The van der Waals surface area contributed by atoms with Gasteiger partial charge in [-0.25, -0.2) is 8.78 Å². The summed E-state index contributed by atoms with van der Waals surface area (Å²) in [4.78, 5) is 0. The lowest BCUT2D eigenvalue weighted by atomic mass is 9.98. The molecule has 0 amide bonds. The highest BCUT2D eigenvalue weighted by molar-refractivity contribution is 6.31. The minimum atomic E-state index is -0.420. The van der Waals surface area contributed by atoms with Gasteiger partial charge >= 0.3 is 0 Å². The standard InChI is InChI=1S/C16H15Cl2F2N/c1-2-21-15(16-12(18)4-3-5-14(16)20)9-10-8-11(17)6-7-13(10)19/h3-8,15,21H,2,9H2,1H3. The molecule has 0 radical (unpaired) electrons. The van der Waals surface area contributed by atoms with Gasteiger partial charge in [-0.2, -0.15) is 0 Å². The van der Waals surface area contributed by atoms with Crippen LogP contribution in [0.15, 0.2) is 36.4 Å². The number of hydrogen-bond acceptors (Lipinski definition) is 1. The van der Waals surface area contributed by atoms with E-state index in [1.807, 2.05) is 6.92 Å². The quantitative estimate of drug-likeness (QED) is 0.798. The lowest BCUT2D eigenvalue weighted by Crippen LogP contribution is -2.24. The van der Waals surface area contributed by atoms with Gasteiger partial charge in [0.2, 0.25) is 0 Å². The van der Waals surface area contributed by atoms with Gasteiger partial charge in [-0.1, -0.05) is 36.2 Å². The molecule has 2 aromatic rings. The number of nitrogens with one attached hydrogen (secondary N) is 1. The van der Waals surface area contributed by atoms with Crippen molar-refractivity contribution in [3.63, 3.8) is 0 Å². The Hall–Kier alpha value is -1.16. The van der Waals surface area contributed by atoms with E-state index in [2.05, 4.69) is 5.32 Å². The minimum Gasteiger partial charge on any atom is -0.310 e. The molecule has 1 nitrogen and oxygen atoms in total. The van der Waals surface area contributed by atoms with Gasteiger partial charge in [-0.15, -0.1) is 0 Å². The molecule has 21 heavy (non-hydrogen) atoms. The Morgan fingerprint density at radius 2 is 1.86 bits per heavy atom. The van der Waals surface area contributed by atoms with E-state index in [1.165, 1.54) is 18.2 Å². The highest BCUT2D eigenvalue weighted by Gasteiger charge is 2.20. The Morgan fingerprint density at radius 1 is 1.10 bits per heavy atom. The molecule has 0 saturated heterocycles. The lowest BCUT2D eigenvalue weighted by Gasteiger charge is -2.20. The van der Waals surface area contributed by atoms with Gasteiger partial charge in [-0.05, 0) is 48.9 Å². The van der Waals surface area contributed by atoms with Crippen LogP contribution < -0.4 is 5.32 Å². The second kappa shape index (κ2) is 7.21. The molecule has 0 fully saturated rings. The predicted octanol–water partition coefficient (Wildman–Crippen LogP) is 5.16. The van der Waals surface area contributed by atoms with E-state index in [0.717, 1.165) is 0 Å². The van der Waals surface area contributed by atoms with Crippen LogP contribution >= 0.6 is 23.2 Å². The first kappa shape index (κ1) is 16.2. The average Bonchev–Trinajstić information content (AvgIpc) is 2.43. The molecule has 0 saturated carbocycles. The van der Waals surface area contributed by atoms with E-state index < -0.39 is 11.9 Å². The Balaban J connectivity index is 2.38. The molecule has 1 N–H and O–H groups in total. The number of likely N-dealkylation sites (N-methyl/N-ethyl adjacent to an activating group) is 1. The van der Waals surface area contributed by atoms with Crippen LogP contribution in [0, 0.1) is 11.6 Å².